The SMILES string of the molecule is CS(=O)(=O)Nc1ccc(Oc2cc(CNc3ncc(Cl)cn3)cc(N)n2)cc1. The van der Waals surface area contributed by atoms with E-state index < -0.39 is 10.0 Å². The van der Waals surface area contributed by atoms with E-state index in [1.54, 1.807) is 36.4 Å². The van der Waals surface area contributed by atoms with Gasteiger partial charge in [0.2, 0.25) is 21.9 Å². The van der Waals surface area contributed by atoms with Crippen LogP contribution in [0.15, 0.2) is 48.8 Å². The number of nitrogens with zero attached hydrogens (tertiary/aromatic N) is 3. The van der Waals surface area contributed by atoms with Crippen molar-refractivity contribution in [2.45, 2.75) is 6.54 Å². The molecule has 0 aliphatic carbocycles. The molecular formula is C17H17ClN6O3S. The third-order valence-electron chi connectivity index (χ3n) is 3.33. The molecular weight excluding hydrogens is 404 g/mol. The summed E-state index contributed by atoms with van der Waals surface area (Å²) in [5.41, 5.74) is 7.10. The van der Waals surface area contributed by atoms with E-state index >= 15 is 0 Å². The molecule has 0 saturated heterocycles. The number of anilines is 3. The van der Waals surface area contributed by atoms with Gasteiger partial charge in [-0.2, -0.15) is 4.98 Å². The minimum Gasteiger partial charge on any atom is -0.439 e. The summed E-state index contributed by atoms with van der Waals surface area (Å²) >= 11 is 5.76. The van der Waals surface area contributed by atoms with Crippen LogP contribution < -0.4 is 20.5 Å². The number of ether oxygens (including phenoxy) is 1. The lowest BCUT2D eigenvalue weighted by Gasteiger charge is -2.10. The van der Waals surface area contributed by atoms with Crippen LogP contribution in [-0.2, 0) is 16.6 Å². The van der Waals surface area contributed by atoms with Crippen molar-refractivity contribution in [3.05, 3.63) is 59.4 Å². The fraction of sp³-hybridized carbons (Fsp3) is 0.118. The first-order valence-corrected chi connectivity index (χ1v) is 10.3. The van der Waals surface area contributed by atoms with Crippen LogP contribution in [0.2, 0.25) is 5.02 Å². The lowest BCUT2D eigenvalue weighted by atomic mass is 10.2. The first kappa shape index (κ1) is 19.6. The standard InChI is InChI=1S/C17H17ClN6O3S/c1-28(25,26)24-13-2-4-14(5-3-13)27-16-7-11(6-15(19)23-16)8-20-17-21-9-12(18)10-22-17/h2-7,9-10,24H,8H2,1H3,(H2,19,23)(H,20,21,22). The summed E-state index contributed by atoms with van der Waals surface area (Å²) < 4.78 is 30.6. The summed E-state index contributed by atoms with van der Waals surface area (Å²) in [4.78, 5) is 12.3. The van der Waals surface area contributed by atoms with E-state index in [0.717, 1.165) is 11.8 Å². The Morgan fingerprint density at radius 1 is 1.14 bits per heavy atom. The summed E-state index contributed by atoms with van der Waals surface area (Å²) in [6.07, 6.45) is 4.07. The number of aromatic nitrogens is 3. The molecule has 3 rings (SSSR count). The van der Waals surface area contributed by atoms with Gasteiger partial charge in [0, 0.05) is 18.3 Å². The van der Waals surface area contributed by atoms with Crippen molar-refractivity contribution in [1.29, 1.82) is 0 Å². The molecule has 28 heavy (non-hydrogen) atoms. The maximum atomic E-state index is 11.2. The molecule has 0 fully saturated rings. The highest BCUT2D eigenvalue weighted by atomic mass is 35.5. The summed E-state index contributed by atoms with van der Waals surface area (Å²) in [7, 11) is -3.34. The van der Waals surface area contributed by atoms with Crippen LogP contribution in [0.1, 0.15) is 5.56 Å². The average Bonchev–Trinajstić information content (AvgIpc) is 2.61. The largest absolute Gasteiger partial charge is 0.439 e. The number of hydrogen-bond donors (Lipinski definition) is 3. The number of sulfonamides is 1. The normalized spacial score (nSPS) is 11.1. The summed E-state index contributed by atoms with van der Waals surface area (Å²) in [6.45, 7) is 0.405. The molecule has 0 amide bonds. The number of pyridine rings is 1. The van der Waals surface area contributed by atoms with Crippen LogP contribution in [0.4, 0.5) is 17.5 Å². The highest BCUT2D eigenvalue weighted by Gasteiger charge is 2.06. The zero-order valence-corrected chi connectivity index (χ0v) is 16.3. The predicted molar refractivity (Wildman–Crippen MR) is 108 cm³/mol. The first-order valence-electron chi connectivity index (χ1n) is 8.00. The van der Waals surface area contributed by atoms with Crippen LogP contribution in [0.25, 0.3) is 0 Å². The zero-order valence-electron chi connectivity index (χ0n) is 14.8. The Bertz CT molecular complexity index is 1060. The van der Waals surface area contributed by atoms with Gasteiger partial charge in [0.15, 0.2) is 0 Å². The van der Waals surface area contributed by atoms with Gasteiger partial charge in [-0.15, -0.1) is 0 Å². The second-order valence-corrected chi connectivity index (χ2v) is 8.00. The average molecular weight is 421 g/mol. The van der Waals surface area contributed by atoms with Gasteiger partial charge in [-0.25, -0.2) is 18.4 Å². The number of rotatable bonds is 7. The smallest absolute Gasteiger partial charge is 0.229 e. The molecule has 3 aromatic rings. The van der Waals surface area contributed by atoms with Crippen molar-refractivity contribution in [2.24, 2.45) is 0 Å². The Morgan fingerprint density at radius 3 is 2.46 bits per heavy atom. The van der Waals surface area contributed by atoms with Gasteiger partial charge in [0.25, 0.3) is 0 Å². The minimum atomic E-state index is -3.34. The highest BCUT2D eigenvalue weighted by molar-refractivity contribution is 7.92. The summed E-state index contributed by atoms with van der Waals surface area (Å²) in [6, 6.07) is 9.85. The third kappa shape index (κ3) is 5.96. The molecule has 1 aromatic carbocycles. The molecule has 0 atom stereocenters. The molecule has 0 unspecified atom stereocenters. The number of nitrogens with one attached hydrogen (secondary N) is 2. The van der Waals surface area contributed by atoms with E-state index in [4.69, 9.17) is 22.1 Å². The van der Waals surface area contributed by atoms with Gasteiger partial charge in [-0.3, -0.25) is 4.72 Å². The molecule has 2 heterocycles. The molecule has 0 aliphatic heterocycles. The number of hydrogen-bond acceptors (Lipinski definition) is 8. The summed E-state index contributed by atoms with van der Waals surface area (Å²) in [5, 5.41) is 3.50. The highest BCUT2D eigenvalue weighted by Crippen LogP contribution is 2.24. The van der Waals surface area contributed by atoms with Crippen molar-refractivity contribution >= 4 is 39.1 Å². The molecule has 4 N–H and O–H groups in total. The van der Waals surface area contributed by atoms with Crippen molar-refractivity contribution in [3.63, 3.8) is 0 Å². The Labute approximate surface area is 167 Å². The van der Waals surface area contributed by atoms with Crippen LogP contribution in [-0.4, -0.2) is 29.6 Å². The number of halogens is 1. The maximum Gasteiger partial charge on any atom is 0.229 e. The van der Waals surface area contributed by atoms with E-state index in [1.165, 1.54) is 12.4 Å². The van der Waals surface area contributed by atoms with Gasteiger partial charge in [0.05, 0.1) is 23.7 Å². The molecule has 0 saturated carbocycles. The van der Waals surface area contributed by atoms with Gasteiger partial charge < -0.3 is 15.8 Å². The lowest BCUT2D eigenvalue weighted by molar-refractivity contribution is 0.463. The quantitative estimate of drug-likeness (QED) is 0.531. The van der Waals surface area contributed by atoms with E-state index in [0.29, 0.717) is 40.7 Å². The monoisotopic (exact) mass is 420 g/mol. The maximum absolute atomic E-state index is 11.2. The van der Waals surface area contributed by atoms with Gasteiger partial charge >= 0.3 is 0 Å². The second kappa shape index (κ2) is 8.28. The molecule has 0 aliphatic rings. The topological polar surface area (TPSA) is 132 Å². The lowest BCUT2D eigenvalue weighted by Crippen LogP contribution is -2.09. The fourth-order valence-corrected chi connectivity index (χ4v) is 2.91. The Kier molecular flexibility index (Phi) is 5.81. The first-order chi connectivity index (χ1) is 13.3. The van der Waals surface area contributed by atoms with Crippen LogP contribution in [0.3, 0.4) is 0 Å². The van der Waals surface area contributed by atoms with Gasteiger partial charge in [0.1, 0.15) is 11.6 Å². The second-order valence-electron chi connectivity index (χ2n) is 5.82. The van der Waals surface area contributed by atoms with Gasteiger partial charge in [-0.1, -0.05) is 11.6 Å². The third-order valence-corrected chi connectivity index (χ3v) is 4.13. The van der Waals surface area contributed by atoms with Crippen LogP contribution in [0, 0.1) is 0 Å². The Balaban J connectivity index is 1.68. The van der Waals surface area contributed by atoms with E-state index in [2.05, 4.69) is 25.0 Å². The predicted octanol–water partition coefficient (Wildman–Crippen LogP) is 2.88. The molecule has 2 aromatic heterocycles. The number of nitrogen functional groups attached to an aromatic ring is 1. The van der Waals surface area contributed by atoms with Crippen molar-refractivity contribution in [3.8, 4) is 11.6 Å². The minimum absolute atomic E-state index is 0.293. The molecule has 9 nitrogen and oxygen atoms in total. The number of nitrogens with two attached hydrogens (primary N) is 1. The zero-order chi connectivity index (χ0) is 20.1. The van der Waals surface area contributed by atoms with Crippen molar-refractivity contribution in [2.75, 3.05) is 22.0 Å². The molecule has 0 bridgehead atoms. The molecule has 146 valence electrons. The molecule has 0 spiro atoms. The van der Waals surface area contributed by atoms with E-state index in [9.17, 15) is 8.42 Å². The van der Waals surface area contributed by atoms with Crippen molar-refractivity contribution in [1.82, 2.24) is 15.0 Å². The Hall–Kier alpha value is -3.11. The molecule has 11 heteroatoms. The number of benzene rings is 1. The Morgan fingerprint density at radius 2 is 1.82 bits per heavy atom. The molecule has 0 radical (unpaired) electrons. The van der Waals surface area contributed by atoms with Crippen LogP contribution >= 0.6 is 11.6 Å². The van der Waals surface area contributed by atoms with Crippen molar-refractivity contribution < 1.29 is 13.2 Å². The van der Waals surface area contributed by atoms with E-state index in [1.807, 2.05) is 0 Å². The van der Waals surface area contributed by atoms with Crippen LogP contribution in [0.5, 0.6) is 11.6 Å². The van der Waals surface area contributed by atoms with E-state index in [-0.39, 0.29) is 0 Å². The fourth-order valence-electron chi connectivity index (χ4n) is 2.25. The summed E-state index contributed by atoms with van der Waals surface area (Å²) in [5.74, 6) is 1.51. The van der Waals surface area contributed by atoms with Gasteiger partial charge in [-0.05, 0) is 35.9 Å².